The Labute approximate surface area is 83.3 Å². The Hall–Kier alpha value is -1.01. The minimum atomic E-state index is -0.103. The third-order valence-electron chi connectivity index (χ3n) is 2.01. The summed E-state index contributed by atoms with van der Waals surface area (Å²) in [4.78, 5) is 1.43. The van der Waals surface area contributed by atoms with Crippen molar-refractivity contribution in [2.45, 2.75) is 32.4 Å². The Kier molecular flexibility index (Phi) is 3.54. The fourth-order valence-corrected chi connectivity index (χ4v) is 1.08. The lowest BCUT2D eigenvalue weighted by molar-refractivity contribution is 0.229. The van der Waals surface area contributed by atoms with Crippen molar-refractivity contribution in [2.75, 3.05) is 6.61 Å². The molecule has 80 valence electrons. The van der Waals surface area contributed by atoms with E-state index < -0.39 is 0 Å². The van der Waals surface area contributed by atoms with Crippen molar-refractivity contribution in [3.05, 3.63) is 5.82 Å². The molecule has 0 saturated heterocycles. The summed E-state index contributed by atoms with van der Waals surface area (Å²) < 4.78 is 0. The molecule has 0 saturated carbocycles. The highest BCUT2D eigenvalue weighted by molar-refractivity contribution is 4.82. The van der Waals surface area contributed by atoms with Crippen LogP contribution in [0.2, 0.25) is 0 Å². The summed E-state index contributed by atoms with van der Waals surface area (Å²) in [5.41, 5.74) is -0.103. The van der Waals surface area contributed by atoms with Crippen LogP contribution in [-0.2, 0) is 13.6 Å². The molecule has 1 rings (SSSR count). The minimum absolute atomic E-state index is 0.103. The van der Waals surface area contributed by atoms with Crippen LogP contribution < -0.4 is 5.32 Å². The molecule has 1 heterocycles. The van der Waals surface area contributed by atoms with Crippen molar-refractivity contribution >= 4 is 0 Å². The first-order chi connectivity index (χ1) is 6.53. The Balaban J connectivity index is 2.40. The van der Waals surface area contributed by atoms with Gasteiger partial charge in [-0.2, -0.15) is 4.80 Å². The van der Waals surface area contributed by atoms with E-state index in [2.05, 4.69) is 20.7 Å². The van der Waals surface area contributed by atoms with Crippen LogP contribution in [0, 0.1) is 0 Å². The highest BCUT2D eigenvalue weighted by Gasteiger charge is 2.16. The lowest BCUT2D eigenvalue weighted by Crippen LogP contribution is -2.39. The Bertz CT molecular complexity index is 283. The molecule has 1 aromatic heterocycles. The molecule has 0 unspecified atom stereocenters. The normalized spacial score (nSPS) is 12.0. The van der Waals surface area contributed by atoms with Crippen LogP contribution in [-0.4, -0.2) is 37.5 Å². The van der Waals surface area contributed by atoms with E-state index in [-0.39, 0.29) is 12.1 Å². The van der Waals surface area contributed by atoms with Gasteiger partial charge in [-0.25, -0.2) is 0 Å². The van der Waals surface area contributed by atoms with Crippen molar-refractivity contribution in [3.8, 4) is 0 Å². The van der Waals surface area contributed by atoms with Crippen molar-refractivity contribution in [3.63, 3.8) is 0 Å². The quantitative estimate of drug-likeness (QED) is 0.666. The lowest BCUT2D eigenvalue weighted by atomic mass is 10.0. The molecule has 0 atom stereocenters. The number of aliphatic hydroxyl groups is 1. The van der Waals surface area contributed by atoms with Gasteiger partial charge in [0, 0.05) is 12.1 Å². The average Bonchev–Trinajstić information content (AvgIpc) is 2.48. The van der Waals surface area contributed by atoms with E-state index in [1.54, 1.807) is 7.05 Å². The number of aliphatic hydroxyl groups excluding tert-OH is 1. The first kappa shape index (κ1) is 11.1. The van der Waals surface area contributed by atoms with Gasteiger partial charge < -0.3 is 10.4 Å². The fraction of sp³-hybridized carbons (Fsp3) is 0.875. The molecule has 0 aromatic carbocycles. The van der Waals surface area contributed by atoms with Crippen LogP contribution in [0.3, 0.4) is 0 Å². The van der Waals surface area contributed by atoms with E-state index in [1.807, 2.05) is 13.8 Å². The van der Waals surface area contributed by atoms with Crippen molar-refractivity contribution in [1.82, 2.24) is 25.5 Å². The topological polar surface area (TPSA) is 75.9 Å². The van der Waals surface area contributed by atoms with Gasteiger partial charge in [-0.3, -0.25) is 0 Å². The van der Waals surface area contributed by atoms with Gasteiger partial charge in [0.2, 0.25) is 0 Å². The lowest BCUT2D eigenvalue weighted by Gasteiger charge is -2.24. The average molecular weight is 199 g/mol. The van der Waals surface area contributed by atoms with Gasteiger partial charge in [-0.1, -0.05) is 0 Å². The number of aromatic nitrogens is 4. The molecule has 1 aromatic rings. The number of aryl methyl sites for hydroxylation is 1. The summed E-state index contributed by atoms with van der Waals surface area (Å²) >= 11 is 0. The summed E-state index contributed by atoms with van der Waals surface area (Å²) in [6, 6.07) is 0. The van der Waals surface area contributed by atoms with Gasteiger partial charge in [0.15, 0.2) is 5.82 Å². The maximum Gasteiger partial charge on any atom is 0.188 e. The number of hydrogen-bond acceptors (Lipinski definition) is 5. The molecule has 0 aliphatic carbocycles. The fourth-order valence-electron chi connectivity index (χ4n) is 1.08. The molecule has 6 heteroatoms. The van der Waals surface area contributed by atoms with Crippen LogP contribution in [0.15, 0.2) is 0 Å². The number of nitrogens with zero attached hydrogens (tertiary/aromatic N) is 4. The minimum Gasteiger partial charge on any atom is -0.396 e. The molecule has 14 heavy (non-hydrogen) atoms. The standard InChI is InChI=1S/C8H17N5O/c1-8(2,4-5-14)9-6-7-10-12-13(3)11-7/h9,14H,4-6H2,1-3H3. The molecule has 0 aliphatic heterocycles. The Morgan fingerprint density at radius 2 is 2.21 bits per heavy atom. The zero-order chi connectivity index (χ0) is 10.6. The highest BCUT2D eigenvalue weighted by Crippen LogP contribution is 2.07. The van der Waals surface area contributed by atoms with Gasteiger partial charge in [-0.05, 0) is 25.5 Å². The molecule has 0 aliphatic rings. The highest BCUT2D eigenvalue weighted by atomic mass is 16.3. The first-order valence-corrected chi connectivity index (χ1v) is 4.62. The Morgan fingerprint density at radius 1 is 1.50 bits per heavy atom. The number of hydrogen-bond donors (Lipinski definition) is 2. The molecule has 0 radical (unpaired) electrons. The van der Waals surface area contributed by atoms with Crippen LogP contribution in [0.4, 0.5) is 0 Å². The largest absolute Gasteiger partial charge is 0.396 e. The SMILES string of the molecule is Cn1nnc(CNC(C)(C)CCO)n1. The predicted octanol–water partition coefficient (Wildman–Crippen LogP) is -0.539. The van der Waals surface area contributed by atoms with Gasteiger partial charge in [0.1, 0.15) is 0 Å². The molecule has 0 bridgehead atoms. The second kappa shape index (κ2) is 4.47. The van der Waals surface area contributed by atoms with Gasteiger partial charge in [0.05, 0.1) is 13.6 Å². The van der Waals surface area contributed by atoms with Crippen LogP contribution in [0.1, 0.15) is 26.1 Å². The first-order valence-electron chi connectivity index (χ1n) is 4.62. The number of nitrogens with one attached hydrogen (secondary N) is 1. The Morgan fingerprint density at radius 3 is 2.71 bits per heavy atom. The maximum atomic E-state index is 8.82. The molecule has 0 spiro atoms. The monoisotopic (exact) mass is 199 g/mol. The van der Waals surface area contributed by atoms with Gasteiger partial charge >= 0.3 is 0 Å². The van der Waals surface area contributed by atoms with Gasteiger partial charge in [-0.15, -0.1) is 10.2 Å². The summed E-state index contributed by atoms with van der Waals surface area (Å²) in [7, 11) is 1.73. The van der Waals surface area contributed by atoms with E-state index in [0.29, 0.717) is 18.8 Å². The second-order valence-electron chi connectivity index (χ2n) is 3.91. The van der Waals surface area contributed by atoms with Crippen LogP contribution in [0.25, 0.3) is 0 Å². The van der Waals surface area contributed by atoms with E-state index >= 15 is 0 Å². The molecular formula is C8H17N5O. The number of rotatable bonds is 5. The summed E-state index contributed by atoms with van der Waals surface area (Å²) in [5.74, 6) is 0.665. The molecule has 2 N–H and O–H groups in total. The van der Waals surface area contributed by atoms with Crippen LogP contribution in [0.5, 0.6) is 0 Å². The van der Waals surface area contributed by atoms with E-state index in [4.69, 9.17) is 5.11 Å². The molecule has 6 nitrogen and oxygen atoms in total. The van der Waals surface area contributed by atoms with Crippen molar-refractivity contribution in [2.24, 2.45) is 7.05 Å². The molecular weight excluding hydrogens is 182 g/mol. The van der Waals surface area contributed by atoms with Crippen molar-refractivity contribution < 1.29 is 5.11 Å². The van der Waals surface area contributed by atoms with E-state index in [9.17, 15) is 0 Å². The third kappa shape index (κ3) is 3.39. The second-order valence-corrected chi connectivity index (χ2v) is 3.91. The predicted molar refractivity (Wildman–Crippen MR) is 51.4 cm³/mol. The number of tetrazole rings is 1. The zero-order valence-corrected chi connectivity index (χ0v) is 8.86. The zero-order valence-electron chi connectivity index (χ0n) is 8.86. The third-order valence-corrected chi connectivity index (χ3v) is 2.01. The molecule has 0 amide bonds. The van der Waals surface area contributed by atoms with Gasteiger partial charge in [0.25, 0.3) is 0 Å². The van der Waals surface area contributed by atoms with E-state index in [1.165, 1.54) is 4.80 Å². The van der Waals surface area contributed by atoms with Crippen molar-refractivity contribution in [1.29, 1.82) is 0 Å². The van der Waals surface area contributed by atoms with E-state index in [0.717, 1.165) is 0 Å². The molecule has 0 fully saturated rings. The summed E-state index contributed by atoms with van der Waals surface area (Å²) in [5, 5.41) is 23.7. The van der Waals surface area contributed by atoms with Crippen LogP contribution >= 0.6 is 0 Å². The smallest absolute Gasteiger partial charge is 0.188 e. The summed E-state index contributed by atoms with van der Waals surface area (Å²) in [6.45, 7) is 4.80. The maximum absolute atomic E-state index is 8.82. The summed E-state index contributed by atoms with van der Waals surface area (Å²) in [6.07, 6.45) is 0.702.